The van der Waals surface area contributed by atoms with Crippen LogP contribution in [0.25, 0.3) is 11.5 Å². The van der Waals surface area contributed by atoms with E-state index >= 15 is 0 Å². The van der Waals surface area contributed by atoms with Gasteiger partial charge in [-0.15, -0.1) is 10.2 Å². The Labute approximate surface area is 166 Å². The zero-order valence-corrected chi connectivity index (χ0v) is 16.2. The van der Waals surface area contributed by atoms with Crippen molar-refractivity contribution in [3.8, 4) is 11.5 Å². The predicted molar refractivity (Wildman–Crippen MR) is 107 cm³/mol. The summed E-state index contributed by atoms with van der Waals surface area (Å²) in [4.78, 5) is 26.0. The first kappa shape index (κ1) is 18.2. The number of aromatic nitrogens is 2. The maximum atomic E-state index is 12.7. The van der Waals surface area contributed by atoms with Crippen LogP contribution in [-0.4, -0.2) is 34.3 Å². The maximum absolute atomic E-state index is 12.7. The minimum absolute atomic E-state index is 0.00589. The second kappa shape index (κ2) is 7.47. The first-order valence-electron chi connectivity index (χ1n) is 8.74. The summed E-state index contributed by atoms with van der Waals surface area (Å²) in [5.41, 5.74) is 4.39. The van der Waals surface area contributed by atoms with E-state index in [1.807, 2.05) is 44.2 Å². The minimum atomic E-state index is -0.216. The topological polar surface area (TPSA) is 88.3 Å². The lowest BCUT2D eigenvalue weighted by atomic mass is 10.1. The fraction of sp³-hybridized carbons (Fsp3) is 0.200. The van der Waals surface area contributed by atoms with Gasteiger partial charge in [0.05, 0.1) is 17.1 Å². The fourth-order valence-electron chi connectivity index (χ4n) is 3.14. The van der Waals surface area contributed by atoms with Crippen molar-refractivity contribution in [2.75, 3.05) is 22.5 Å². The van der Waals surface area contributed by atoms with Crippen LogP contribution in [0.15, 0.2) is 52.1 Å². The van der Waals surface area contributed by atoms with E-state index in [4.69, 9.17) is 4.42 Å². The van der Waals surface area contributed by atoms with Gasteiger partial charge in [0, 0.05) is 5.56 Å². The maximum Gasteiger partial charge on any atom is 0.277 e. The van der Waals surface area contributed by atoms with Crippen LogP contribution in [0, 0.1) is 13.8 Å². The van der Waals surface area contributed by atoms with Crippen LogP contribution in [0.3, 0.4) is 0 Å². The molecule has 0 saturated carbocycles. The van der Waals surface area contributed by atoms with Crippen LogP contribution in [0.1, 0.15) is 11.1 Å². The van der Waals surface area contributed by atoms with Gasteiger partial charge in [0.25, 0.3) is 5.22 Å². The molecule has 7 nitrogen and oxygen atoms in total. The van der Waals surface area contributed by atoms with Gasteiger partial charge in [0.1, 0.15) is 6.54 Å². The number of carbonyl (C=O) groups excluding carboxylic acids is 2. The third kappa shape index (κ3) is 3.77. The summed E-state index contributed by atoms with van der Waals surface area (Å²) in [6.45, 7) is 4.01. The molecule has 4 rings (SSSR count). The van der Waals surface area contributed by atoms with Crippen molar-refractivity contribution >= 4 is 35.0 Å². The summed E-state index contributed by atoms with van der Waals surface area (Å²) in [5.74, 6) is 0.102. The molecular weight excluding hydrogens is 376 g/mol. The van der Waals surface area contributed by atoms with Crippen molar-refractivity contribution in [3.63, 3.8) is 0 Å². The first-order valence-corrected chi connectivity index (χ1v) is 9.72. The molecule has 142 valence electrons. The largest absolute Gasteiger partial charge is 0.411 e. The van der Waals surface area contributed by atoms with E-state index in [2.05, 4.69) is 21.6 Å². The highest BCUT2D eigenvalue weighted by atomic mass is 32.2. The van der Waals surface area contributed by atoms with Gasteiger partial charge in [-0.1, -0.05) is 41.1 Å². The van der Waals surface area contributed by atoms with Crippen molar-refractivity contribution in [2.45, 2.75) is 19.1 Å². The Morgan fingerprint density at radius 1 is 1.18 bits per heavy atom. The van der Waals surface area contributed by atoms with E-state index in [1.165, 1.54) is 4.90 Å². The molecule has 28 heavy (non-hydrogen) atoms. The van der Waals surface area contributed by atoms with E-state index in [0.29, 0.717) is 22.5 Å². The summed E-state index contributed by atoms with van der Waals surface area (Å²) >= 11 is 1.16. The fourth-order valence-corrected chi connectivity index (χ4v) is 3.78. The van der Waals surface area contributed by atoms with Crippen LogP contribution < -0.4 is 10.2 Å². The molecule has 8 heteroatoms. The SMILES string of the molecule is Cc1cc(C)cc(-c2nnc(SCC(=O)N3CC(=O)Nc4ccccc43)o2)c1. The molecule has 0 spiro atoms. The zero-order chi connectivity index (χ0) is 19.7. The number of thioether (sulfide) groups is 1. The van der Waals surface area contributed by atoms with Gasteiger partial charge in [0.2, 0.25) is 17.7 Å². The summed E-state index contributed by atoms with van der Waals surface area (Å²) in [6.07, 6.45) is 0. The molecule has 1 N–H and O–H groups in total. The molecule has 0 bridgehead atoms. The third-order valence-corrected chi connectivity index (χ3v) is 5.07. The Balaban J connectivity index is 1.46. The van der Waals surface area contributed by atoms with Gasteiger partial charge >= 0.3 is 0 Å². The molecule has 1 aromatic heterocycles. The molecule has 2 amide bonds. The highest BCUT2D eigenvalue weighted by Gasteiger charge is 2.26. The van der Waals surface area contributed by atoms with Crippen molar-refractivity contribution in [3.05, 3.63) is 53.6 Å². The molecule has 0 saturated heterocycles. The van der Waals surface area contributed by atoms with Crippen LogP contribution in [0.2, 0.25) is 0 Å². The molecule has 1 aliphatic heterocycles. The Hall–Kier alpha value is -3.13. The van der Waals surface area contributed by atoms with E-state index in [9.17, 15) is 9.59 Å². The summed E-state index contributed by atoms with van der Waals surface area (Å²) in [5, 5.41) is 11.2. The molecule has 0 fully saturated rings. The smallest absolute Gasteiger partial charge is 0.277 e. The summed E-state index contributed by atoms with van der Waals surface area (Å²) < 4.78 is 5.70. The van der Waals surface area contributed by atoms with E-state index in [1.54, 1.807) is 6.07 Å². The summed E-state index contributed by atoms with van der Waals surface area (Å²) in [7, 11) is 0. The molecule has 2 aromatic carbocycles. The number of hydrogen-bond acceptors (Lipinski definition) is 6. The number of para-hydroxylation sites is 2. The number of carbonyl (C=O) groups is 2. The number of fused-ring (bicyclic) bond motifs is 1. The van der Waals surface area contributed by atoms with E-state index in [-0.39, 0.29) is 24.1 Å². The van der Waals surface area contributed by atoms with Gasteiger partial charge in [0.15, 0.2) is 0 Å². The highest BCUT2D eigenvalue weighted by molar-refractivity contribution is 7.99. The molecular formula is C20H18N4O3S. The van der Waals surface area contributed by atoms with Gasteiger partial charge in [-0.25, -0.2) is 0 Å². The number of aryl methyl sites for hydroxylation is 2. The molecule has 0 unspecified atom stereocenters. The molecule has 0 radical (unpaired) electrons. The van der Waals surface area contributed by atoms with Crippen molar-refractivity contribution in [2.24, 2.45) is 0 Å². The lowest BCUT2D eigenvalue weighted by Gasteiger charge is -2.28. The predicted octanol–water partition coefficient (Wildman–Crippen LogP) is 3.43. The molecule has 0 atom stereocenters. The van der Waals surface area contributed by atoms with Crippen LogP contribution in [0.5, 0.6) is 0 Å². The Morgan fingerprint density at radius 3 is 2.71 bits per heavy atom. The lowest BCUT2D eigenvalue weighted by molar-refractivity contribution is -0.120. The number of hydrogen-bond donors (Lipinski definition) is 1. The number of amides is 2. The Bertz CT molecular complexity index is 1040. The molecule has 2 heterocycles. The number of nitrogens with zero attached hydrogens (tertiary/aromatic N) is 3. The van der Waals surface area contributed by atoms with Crippen molar-refractivity contribution in [1.29, 1.82) is 0 Å². The number of nitrogens with one attached hydrogen (secondary N) is 1. The average Bonchev–Trinajstić information content (AvgIpc) is 3.14. The van der Waals surface area contributed by atoms with Gasteiger partial charge in [-0.05, 0) is 38.1 Å². The van der Waals surface area contributed by atoms with Crippen LogP contribution in [0.4, 0.5) is 11.4 Å². The normalized spacial score (nSPS) is 13.2. The molecule has 1 aliphatic rings. The van der Waals surface area contributed by atoms with Crippen LogP contribution >= 0.6 is 11.8 Å². The van der Waals surface area contributed by atoms with E-state index < -0.39 is 0 Å². The van der Waals surface area contributed by atoms with Crippen molar-refractivity contribution < 1.29 is 14.0 Å². The summed E-state index contributed by atoms with van der Waals surface area (Å²) in [6, 6.07) is 13.2. The molecule has 3 aromatic rings. The number of benzene rings is 2. The van der Waals surface area contributed by atoms with Gasteiger partial charge < -0.3 is 14.6 Å². The Morgan fingerprint density at radius 2 is 1.93 bits per heavy atom. The average molecular weight is 394 g/mol. The first-order chi connectivity index (χ1) is 13.5. The second-order valence-corrected chi connectivity index (χ2v) is 7.51. The van der Waals surface area contributed by atoms with Crippen molar-refractivity contribution in [1.82, 2.24) is 10.2 Å². The number of rotatable bonds is 4. The minimum Gasteiger partial charge on any atom is -0.411 e. The van der Waals surface area contributed by atoms with E-state index in [0.717, 1.165) is 28.5 Å². The standard InChI is InChI=1S/C20H18N4O3S/c1-12-7-13(2)9-14(8-12)19-22-23-20(27-19)28-11-18(26)24-10-17(25)21-15-5-3-4-6-16(15)24/h3-9H,10-11H2,1-2H3,(H,21,25). The molecule has 0 aliphatic carbocycles. The monoisotopic (exact) mass is 394 g/mol. The number of anilines is 2. The van der Waals surface area contributed by atoms with Gasteiger partial charge in [-0.2, -0.15) is 0 Å². The third-order valence-electron chi connectivity index (χ3n) is 4.27. The Kier molecular flexibility index (Phi) is 4.87. The van der Waals surface area contributed by atoms with Gasteiger partial charge in [-0.3, -0.25) is 9.59 Å². The lowest BCUT2D eigenvalue weighted by Crippen LogP contribution is -2.43. The quantitative estimate of drug-likeness (QED) is 0.682. The zero-order valence-electron chi connectivity index (χ0n) is 15.4. The second-order valence-electron chi connectivity index (χ2n) is 6.58. The highest BCUT2D eigenvalue weighted by Crippen LogP contribution is 2.30. The van der Waals surface area contributed by atoms with Crippen LogP contribution in [-0.2, 0) is 9.59 Å².